The predicted molar refractivity (Wildman–Crippen MR) is 96.1 cm³/mol. The number of carboxylic acid groups (broad SMARTS) is 1. The Morgan fingerprint density at radius 1 is 1.26 bits per heavy atom. The first-order valence-corrected chi connectivity index (χ1v) is 10.4. The second kappa shape index (κ2) is 7.19. The highest BCUT2D eigenvalue weighted by atomic mass is 35.5. The molecule has 27 heavy (non-hydrogen) atoms. The molecule has 1 aliphatic carbocycles. The Bertz CT molecular complexity index is 922. The Morgan fingerprint density at radius 2 is 1.85 bits per heavy atom. The van der Waals surface area contributed by atoms with E-state index >= 15 is 0 Å². The maximum Gasteiger partial charge on any atom is 0.408 e. The lowest BCUT2D eigenvalue weighted by Gasteiger charge is -2.23. The van der Waals surface area contributed by atoms with Crippen molar-refractivity contribution in [1.82, 2.24) is 9.80 Å². The lowest BCUT2D eigenvalue weighted by molar-refractivity contribution is -0.132. The fourth-order valence-electron chi connectivity index (χ4n) is 3.19. The van der Waals surface area contributed by atoms with Gasteiger partial charge in [-0.3, -0.25) is 9.69 Å². The fourth-order valence-corrected chi connectivity index (χ4v) is 6.04. The Morgan fingerprint density at radius 3 is 2.33 bits per heavy atom. The molecule has 1 aromatic rings. The normalized spacial score (nSPS) is 22.3. The first-order chi connectivity index (χ1) is 12.7. The van der Waals surface area contributed by atoms with Crippen LogP contribution in [0.4, 0.5) is 4.79 Å². The average molecular weight is 432 g/mol. The second-order valence-electron chi connectivity index (χ2n) is 6.44. The van der Waals surface area contributed by atoms with Crippen LogP contribution in [0.25, 0.3) is 0 Å². The van der Waals surface area contributed by atoms with Gasteiger partial charge in [0, 0.05) is 12.6 Å². The molecule has 2 fully saturated rings. The summed E-state index contributed by atoms with van der Waals surface area (Å²) < 4.78 is 26.0. The molecule has 1 N–H and O–H groups in total. The molecule has 8 nitrogen and oxygen atoms in total. The van der Waals surface area contributed by atoms with E-state index in [1.807, 2.05) is 0 Å². The van der Waals surface area contributed by atoms with E-state index in [-0.39, 0.29) is 27.4 Å². The summed E-state index contributed by atoms with van der Waals surface area (Å²) >= 11 is 12.0. The van der Waals surface area contributed by atoms with Crippen LogP contribution in [0.2, 0.25) is 10.0 Å². The molecule has 0 bridgehead atoms. The highest BCUT2D eigenvalue weighted by Gasteiger charge is 2.49. The number of halogens is 2. The Kier molecular flexibility index (Phi) is 5.25. The van der Waals surface area contributed by atoms with Gasteiger partial charge < -0.3 is 5.11 Å². The third-order valence-corrected chi connectivity index (χ3v) is 7.78. The Labute approximate surface area is 165 Å². The second-order valence-corrected chi connectivity index (χ2v) is 9.42. The number of rotatable bonds is 4. The number of sulfone groups is 1. The summed E-state index contributed by atoms with van der Waals surface area (Å²) in [6.07, 6.45) is 1.41. The molecule has 2 atom stereocenters. The van der Waals surface area contributed by atoms with E-state index in [2.05, 4.69) is 0 Å². The van der Waals surface area contributed by atoms with Crippen LogP contribution in [-0.2, 0) is 14.6 Å². The maximum atomic E-state index is 13.0. The number of nitrogens with zero attached hydrogens (tertiary/aromatic N) is 3. The molecule has 1 saturated carbocycles. The highest BCUT2D eigenvalue weighted by molar-refractivity contribution is 7.92. The minimum Gasteiger partial charge on any atom is -0.465 e. The summed E-state index contributed by atoms with van der Waals surface area (Å²) in [5.74, 6) is -0.703. The van der Waals surface area contributed by atoms with Gasteiger partial charge in [-0.05, 0) is 31.4 Å². The molecule has 0 spiro atoms. The maximum absolute atomic E-state index is 13.0. The van der Waals surface area contributed by atoms with Crippen molar-refractivity contribution in [3.05, 3.63) is 28.2 Å². The summed E-state index contributed by atoms with van der Waals surface area (Å²) in [6, 6.07) is 2.75. The summed E-state index contributed by atoms with van der Waals surface area (Å²) in [7, 11) is -4.09. The van der Waals surface area contributed by atoms with Crippen LogP contribution < -0.4 is 0 Å². The van der Waals surface area contributed by atoms with Crippen molar-refractivity contribution in [3.8, 4) is 6.19 Å². The third-order valence-electron chi connectivity index (χ3n) is 4.69. The zero-order chi connectivity index (χ0) is 19.9. The van der Waals surface area contributed by atoms with Crippen LogP contribution in [-0.4, -0.2) is 59.2 Å². The van der Waals surface area contributed by atoms with Crippen molar-refractivity contribution in [2.75, 3.05) is 6.54 Å². The van der Waals surface area contributed by atoms with Crippen LogP contribution in [0.3, 0.4) is 0 Å². The van der Waals surface area contributed by atoms with Crippen molar-refractivity contribution >= 4 is 45.0 Å². The zero-order valence-electron chi connectivity index (χ0n) is 13.9. The molecular formula is C16H15Cl2N3O5S. The van der Waals surface area contributed by atoms with Crippen LogP contribution in [0, 0.1) is 11.5 Å². The van der Waals surface area contributed by atoms with Crippen LogP contribution in [0.1, 0.15) is 19.3 Å². The van der Waals surface area contributed by atoms with Crippen LogP contribution >= 0.6 is 23.2 Å². The van der Waals surface area contributed by atoms with Gasteiger partial charge in [0.05, 0.1) is 15.3 Å². The molecule has 2 aliphatic rings. The van der Waals surface area contributed by atoms with Gasteiger partial charge >= 0.3 is 6.09 Å². The molecular weight excluding hydrogens is 417 g/mol. The van der Waals surface area contributed by atoms with Gasteiger partial charge in [0.15, 0.2) is 16.0 Å². The van der Waals surface area contributed by atoms with Gasteiger partial charge in [-0.15, -0.1) is 0 Å². The van der Waals surface area contributed by atoms with E-state index in [0.717, 1.165) is 9.80 Å². The van der Waals surface area contributed by atoms with Gasteiger partial charge in [0.2, 0.25) is 0 Å². The molecule has 0 unspecified atom stereocenters. The number of hydrogen-bond donors (Lipinski definition) is 1. The molecule has 1 saturated heterocycles. The van der Waals surface area contributed by atoms with E-state index < -0.39 is 39.7 Å². The Balaban J connectivity index is 1.94. The molecule has 2 amide bonds. The van der Waals surface area contributed by atoms with Gasteiger partial charge in [-0.2, -0.15) is 5.26 Å². The molecule has 144 valence electrons. The first-order valence-electron chi connectivity index (χ1n) is 8.08. The number of amides is 2. The lowest BCUT2D eigenvalue weighted by Crippen LogP contribution is -2.46. The number of nitriles is 1. The monoisotopic (exact) mass is 431 g/mol. The first kappa shape index (κ1) is 19.7. The van der Waals surface area contributed by atoms with Crippen molar-refractivity contribution in [2.24, 2.45) is 0 Å². The number of hydrogen-bond acceptors (Lipinski definition) is 5. The van der Waals surface area contributed by atoms with Gasteiger partial charge in [-0.25, -0.2) is 18.1 Å². The van der Waals surface area contributed by atoms with Crippen molar-refractivity contribution < 1.29 is 23.1 Å². The number of carbonyl (C=O) groups is 2. The van der Waals surface area contributed by atoms with E-state index in [1.54, 1.807) is 6.19 Å². The SMILES string of the molecule is N#CN(C(=O)[C@@H]1C[C@@H](S(=O)(=O)c2c(Cl)cccc2Cl)CN1C(=O)O)C1CC1. The topological polar surface area (TPSA) is 119 Å². The van der Waals surface area contributed by atoms with Gasteiger partial charge in [-0.1, -0.05) is 29.3 Å². The van der Waals surface area contributed by atoms with Crippen molar-refractivity contribution in [3.63, 3.8) is 0 Å². The Hall–Kier alpha value is -2.02. The molecule has 3 rings (SSSR count). The highest BCUT2D eigenvalue weighted by Crippen LogP contribution is 2.37. The number of likely N-dealkylation sites (tertiary alicyclic amines) is 1. The summed E-state index contributed by atoms with van der Waals surface area (Å²) in [6.45, 7) is -0.403. The third kappa shape index (κ3) is 3.57. The summed E-state index contributed by atoms with van der Waals surface area (Å²) in [4.78, 5) is 25.7. The van der Waals surface area contributed by atoms with E-state index in [4.69, 9.17) is 23.2 Å². The van der Waals surface area contributed by atoms with Crippen molar-refractivity contribution in [2.45, 2.75) is 41.5 Å². The molecule has 1 aliphatic heterocycles. The smallest absolute Gasteiger partial charge is 0.408 e. The quantitative estimate of drug-likeness (QED) is 0.576. The molecule has 1 aromatic carbocycles. The molecule has 11 heteroatoms. The molecule has 0 radical (unpaired) electrons. The molecule has 1 heterocycles. The predicted octanol–water partition coefficient (Wildman–Crippen LogP) is 2.36. The van der Waals surface area contributed by atoms with Crippen LogP contribution in [0.5, 0.6) is 0 Å². The van der Waals surface area contributed by atoms with Gasteiger partial charge in [0.25, 0.3) is 5.91 Å². The minimum absolute atomic E-state index is 0.0733. The van der Waals surface area contributed by atoms with E-state index in [1.165, 1.54) is 18.2 Å². The van der Waals surface area contributed by atoms with E-state index in [9.17, 15) is 28.4 Å². The minimum atomic E-state index is -4.09. The van der Waals surface area contributed by atoms with E-state index in [0.29, 0.717) is 12.8 Å². The number of carbonyl (C=O) groups excluding carboxylic acids is 1. The fraction of sp³-hybridized carbons (Fsp3) is 0.438. The average Bonchev–Trinajstić information content (AvgIpc) is 3.30. The summed E-state index contributed by atoms with van der Waals surface area (Å²) in [5, 5.41) is 17.3. The summed E-state index contributed by atoms with van der Waals surface area (Å²) in [5.41, 5.74) is 0. The lowest BCUT2D eigenvalue weighted by atomic mass is 10.2. The van der Waals surface area contributed by atoms with Crippen molar-refractivity contribution in [1.29, 1.82) is 5.26 Å². The van der Waals surface area contributed by atoms with Gasteiger partial charge in [0.1, 0.15) is 10.9 Å². The standard InChI is InChI=1S/C16H15Cl2N3O5S/c17-11-2-1-3-12(18)14(11)27(25,26)10-6-13(20(7-10)16(23)24)15(22)21(8-19)9-4-5-9/h1-3,9-10,13H,4-7H2,(H,23,24)/t10-,13+/m1/s1. The largest absolute Gasteiger partial charge is 0.465 e. The van der Waals surface area contributed by atoms with Crippen LogP contribution in [0.15, 0.2) is 23.1 Å². The zero-order valence-corrected chi connectivity index (χ0v) is 16.2. The molecule has 0 aromatic heterocycles. The number of benzene rings is 1.